The predicted molar refractivity (Wildman–Crippen MR) is 311 cm³/mol. The van der Waals surface area contributed by atoms with E-state index < -0.39 is 59.3 Å². The molecular formula is C57H98N2O23S2. The summed E-state index contributed by atoms with van der Waals surface area (Å²) in [5.41, 5.74) is 0. The topological polar surface area (TPSA) is 276 Å². The third kappa shape index (κ3) is 45.8. The molecule has 1 amide bonds. The zero-order valence-electron chi connectivity index (χ0n) is 50.7. The Morgan fingerprint density at radius 1 is 0.524 bits per heavy atom. The van der Waals surface area contributed by atoms with Gasteiger partial charge in [0, 0.05) is 77.8 Å². The normalized spacial score (nSPS) is 17.5. The van der Waals surface area contributed by atoms with Crippen LogP contribution in [0.3, 0.4) is 0 Å². The first-order chi connectivity index (χ1) is 40.6. The second kappa shape index (κ2) is 53.8. The highest BCUT2D eigenvalue weighted by atomic mass is 32.2. The van der Waals surface area contributed by atoms with Gasteiger partial charge in [0.2, 0.25) is 5.91 Å². The number of esters is 3. The van der Waals surface area contributed by atoms with Gasteiger partial charge < -0.3 is 85.8 Å². The average Bonchev–Trinajstić information content (AvgIpc) is 3.65. The number of amides is 1. The Labute approximate surface area is 506 Å². The van der Waals surface area contributed by atoms with Crippen LogP contribution in [0.15, 0.2) is 10.8 Å². The molecule has 1 heterocycles. The number of rotatable bonds is 59. The van der Waals surface area contributed by atoms with E-state index in [1.54, 1.807) is 11.8 Å². The minimum atomic E-state index is -1.20. The molecule has 0 spiro atoms. The van der Waals surface area contributed by atoms with Gasteiger partial charge in [-0.2, -0.15) is 0 Å². The molecule has 0 aromatic rings. The molecule has 0 saturated carbocycles. The molecule has 25 nitrogen and oxygen atoms in total. The molecule has 1 fully saturated rings. The van der Waals surface area contributed by atoms with Crippen LogP contribution >= 0.6 is 23.5 Å². The van der Waals surface area contributed by atoms with Crippen molar-refractivity contribution in [1.29, 1.82) is 0 Å². The molecule has 1 unspecified atom stereocenters. The van der Waals surface area contributed by atoms with E-state index in [1.807, 2.05) is 13.8 Å². The Hall–Kier alpha value is -3.41. The number of nitrogens with zero attached hydrogens (tertiary/aromatic N) is 1. The fraction of sp³-hybridized carbons (Fsp3) is 0.842. The first kappa shape index (κ1) is 78.6. The van der Waals surface area contributed by atoms with Crippen molar-refractivity contribution < 1.29 is 109 Å². The molecule has 1 rings (SSSR count). The number of carbonyl (C=O) groups excluding carboxylic acids is 6. The lowest BCUT2D eigenvalue weighted by atomic mass is 9.96. The number of ether oxygens (including phenoxy) is 17. The highest BCUT2D eigenvalue weighted by Crippen LogP contribution is 2.41. The third-order valence-corrected chi connectivity index (χ3v) is 13.7. The van der Waals surface area contributed by atoms with Crippen molar-refractivity contribution in [2.75, 3.05) is 178 Å². The SMILES string of the molecule is [C-]#[N+]C(C)(CCC(=O)CCCOCCOCCOCCOCCOCCOCCOCCOCCOCCOCCOCCOCC(=O)CCCCCCO[C@@H]1O[C@H](COC(C)=O)[C@H](OC(C)=O)[C@H](OC(C)=O)[C@H]1NC(C)=O)SC(=C)SCC. The van der Waals surface area contributed by atoms with Crippen molar-refractivity contribution in [3.8, 4) is 0 Å². The number of hydrogen-bond acceptors (Lipinski definition) is 25. The molecule has 0 bridgehead atoms. The highest BCUT2D eigenvalue weighted by Gasteiger charge is 2.51. The molecule has 1 saturated heterocycles. The quantitative estimate of drug-likeness (QED) is 0.0359. The molecule has 27 heteroatoms. The summed E-state index contributed by atoms with van der Waals surface area (Å²) >= 11 is 3.07. The van der Waals surface area contributed by atoms with Crippen LogP contribution in [0.25, 0.3) is 4.85 Å². The van der Waals surface area contributed by atoms with Crippen LogP contribution in [-0.2, 0) is 109 Å². The molecular weight excluding hydrogens is 1140 g/mol. The number of unbranched alkanes of at least 4 members (excludes halogenated alkanes) is 3. The van der Waals surface area contributed by atoms with Gasteiger partial charge in [-0.3, -0.25) is 33.6 Å². The minimum Gasteiger partial charge on any atom is -0.463 e. The maximum Gasteiger partial charge on any atom is 0.303 e. The van der Waals surface area contributed by atoms with E-state index in [-0.39, 0.29) is 38.0 Å². The van der Waals surface area contributed by atoms with Gasteiger partial charge in [0.1, 0.15) is 31.1 Å². The standard InChI is InChI=1S/C57H98N2O23S2/c1-9-83-49(6)84-57(7,58-8)18-17-50(64)16-14-19-66-21-22-67-23-24-68-25-26-69-27-28-70-29-30-71-31-32-72-33-34-73-35-36-74-37-38-75-39-40-76-41-42-77-43-51(65)15-12-10-11-13-20-78-56-53(59-45(2)60)55(81-48(5)63)54(80-47(4)62)52(82-56)44-79-46(3)61/h52-56H,6,9-44H2,1-5,7H3,(H,59,60)/t52-,53-,54+,55-,56-,57?/m1/s1. The maximum atomic E-state index is 12.3. The fourth-order valence-electron chi connectivity index (χ4n) is 7.52. The first-order valence-electron chi connectivity index (χ1n) is 29.0. The second-order valence-corrected chi connectivity index (χ2v) is 22.1. The Balaban J connectivity index is 1.85. The summed E-state index contributed by atoms with van der Waals surface area (Å²) < 4.78 is 95.0. The summed E-state index contributed by atoms with van der Waals surface area (Å²) in [5, 5.41) is 2.67. The Bertz CT molecular complexity index is 1800. The summed E-state index contributed by atoms with van der Waals surface area (Å²) in [6.45, 7) is 30.1. The molecule has 1 N–H and O–H groups in total. The highest BCUT2D eigenvalue weighted by molar-refractivity contribution is 8.22. The summed E-state index contributed by atoms with van der Waals surface area (Å²) in [6.07, 6.45) is 0.517. The van der Waals surface area contributed by atoms with Crippen LogP contribution < -0.4 is 5.32 Å². The van der Waals surface area contributed by atoms with Gasteiger partial charge >= 0.3 is 17.9 Å². The number of Topliss-reactive ketones (excluding diaryl/α,β-unsaturated/α-hetero) is 2. The largest absolute Gasteiger partial charge is 0.463 e. The van der Waals surface area contributed by atoms with Crippen molar-refractivity contribution in [3.05, 3.63) is 22.2 Å². The number of carbonyl (C=O) groups is 6. The predicted octanol–water partition coefficient (Wildman–Crippen LogP) is 5.10. The zero-order valence-corrected chi connectivity index (χ0v) is 52.3. The lowest BCUT2D eigenvalue weighted by molar-refractivity contribution is -0.277. The zero-order chi connectivity index (χ0) is 61.7. The van der Waals surface area contributed by atoms with Gasteiger partial charge in [0.05, 0.1) is 145 Å². The summed E-state index contributed by atoms with van der Waals surface area (Å²) in [7, 11) is 0. The number of nitrogens with one attached hydrogen (secondary N) is 1. The molecule has 1 aliphatic rings. The number of ketones is 2. The van der Waals surface area contributed by atoms with Crippen LogP contribution in [0.2, 0.25) is 0 Å². The van der Waals surface area contributed by atoms with E-state index in [9.17, 15) is 28.8 Å². The second-order valence-electron chi connectivity index (χ2n) is 18.9. The molecule has 0 aromatic heterocycles. The van der Waals surface area contributed by atoms with E-state index in [4.69, 9.17) is 87.1 Å². The molecule has 0 aliphatic carbocycles. The minimum absolute atomic E-state index is 0.00461. The van der Waals surface area contributed by atoms with Gasteiger partial charge in [0.25, 0.3) is 4.87 Å². The maximum absolute atomic E-state index is 12.3. The van der Waals surface area contributed by atoms with Gasteiger partial charge in [-0.15, -0.1) is 11.8 Å². The lowest BCUT2D eigenvalue weighted by Crippen LogP contribution is -2.66. The van der Waals surface area contributed by atoms with Crippen molar-refractivity contribution in [2.24, 2.45) is 0 Å². The van der Waals surface area contributed by atoms with E-state index in [2.05, 4.69) is 16.7 Å². The molecule has 0 aromatic carbocycles. The third-order valence-electron chi connectivity index (χ3n) is 11.5. The average molecular weight is 1240 g/mol. The van der Waals surface area contributed by atoms with Crippen LogP contribution in [0.1, 0.15) is 99.3 Å². The van der Waals surface area contributed by atoms with Crippen molar-refractivity contribution in [3.63, 3.8) is 0 Å². The van der Waals surface area contributed by atoms with Gasteiger partial charge in [-0.05, 0) is 36.8 Å². The van der Waals surface area contributed by atoms with Gasteiger partial charge in [-0.25, -0.2) is 6.57 Å². The first-order valence-corrected chi connectivity index (χ1v) is 30.8. The molecule has 0 radical (unpaired) electrons. The summed E-state index contributed by atoms with van der Waals surface area (Å²) in [4.78, 5) is 75.3. The van der Waals surface area contributed by atoms with E-state index in [0.29, 0.717) is 190 Å². The van der Waals surface area contributed by atoms with Gasteiger partial charge in [0.15, 0.2) is 24.3 Å². The summed E-state index contributed by atoms with van der Waals surface area (Å²) in [6, 6.07) is -1.03. The van der Waals surface area contributed by atoms with Crippen LogP contribution in [0.4, 0.5) is 0 Å². The lowest BCUT2D eigenvalue weighted by Gasteiger charge is -2.44. The smallest absolute Gasteiger partial charge is 0.303 e. The molecule has 6 atom stereocenters. The van der Waals surface area contributed by atoms with Crippen LogP contribution in [0, 0.1) is 6.57 Å². The Kier molecular flexibility index (Phi) is 50.3. The number of hydrogen-bond donors (Lipinski definition) is 1. The van der Waals surface area contributed by atoms with Crippen molar-refractivity contribution in [1.82, 2.24) is 5.32 Å². The Morgan fingerprint density at radius 3 is 1.36 bits per heavy atom. The molecule has 84 heavy (non-hydrogen) atoms. The molecule has 1 aliphatic heterocycles. The summed E-state index contributed by atoms with van der Waals surface area (Å²) in [5.74, 6) is -1.41. The number of thioether (sulfide) groups is 2. The van der Waals surface area contributed by atoms with E-state index in [0.717, 1.165) is 22.8 Å². The van der Waals surface area contributed by atoms with Gasteiger partial charge in [-0.1, -0.05) is 26.3 Å². The molecule has 486 valence electrons. The van der Waals surface area contributed by atoms with Crippen molar-refractivity contribution in [2.45, 2.75) is 135 Å². The van der Waals surface area contributed by atoms with Crippen LogP contribution in [0.5, 0.6) is 0 Å². The van der Waals surface area contributed by atoms with E-state index in [1.165, 1.54) is 39.5 Å². The van der Waals surface area contributed by atoms with Crippen LogP contribution in [-0.4, -0.2) is 248 Å². The Morgan fingerprint density at radius 2 is 0.940 bits per heavy atom. The van der Waals surface area contributed by atoms with Crippen molar-refractivity contribution >= 4 is 58.9 Å². The monoisotopic (exact) mass is 1240 g/mol. The van der Waals surface area contributed by atoms with E-state index >= 15 is 0 Å². The fourth-order valence-corrected chi connectivity index (χ4v) is 9.71.